The Bertz CT molecular complexity index is 384. The molecule has 0 spiro atoms. The van der Waals surface area contributed by atoms with Crippen LogP contribution in [0.5, 0.6) is 0 Å². The van der Waals surface area contributed by atoms with Crippen molar-refractivity contribution in [3.63, 3.8) is 0 Å². The summed E-state index contributed by atoms with van der Waals surface area (Å²) in [6, 6.07) is 0. The molecule has 176 valence electrons. The highest BCUT2D eigenvalue weighted by atomic mass is 16.5. The van der Waals surface area contributed by atoms with Gasteiger partial charge in [0.15, 0.2) is 0 Å². The molecule has 2 nitrogen and oxygen atoms in total. The number of hydrogen-bond donors (Lipinski definition) is 0. The molecular weight excluding hydrogens is 368 g/mol. The molecule has 0 aromatic carbocycles. The predicted octanol–water partition coefficient (Wildman–Crippen LogP) is 9.67. The van der Waals surface area contributed by atoms with Crippen LogP contribution in [-0.4, -0.2) is 5.97 Å². The first-order chi connectivity index (χ1) is 14.8. The second kappa shape index (κ2) is 21.4. The third-order valence-electron chi connectivity index (χ3n) is 6.93. The van der Waals surface area contributed by atoms with E-state index in [4.69, 9.17) is 4.74 Å². The summed E-state index contributed by atoms with van der Waals surface area (Å²) in [5.74, 6) is 0.938. The van der Waals surface area contributed by atoms with E-state index in [0.29, 0.717) is 6.42 Å². The molecule has 1 rings (SSSR count). The van der Waals surface area contributed by atoms with Crippen molar-refractivity contribution in [2.24, 2.45) is 5.92 Å². The van der Waals surface area contributed by atoms with Crippen molar-refractivity contribution in [3.8, 4) is 0 Å². The molecular formula is C28H52O2. The van der Waals surface area contributed by atoms with E-state index in [1.165, 1.54) is 141 Å². The average molecular weight is 421 g/mol. The summed E-state index contributed by atoms with van der Waals surface area (Å²) < 4.78 is 4.72. The van der Waals surface area contributed by atoms with Crippen LogP contribution >= 0.6 is 0 Å². The number of esters is 1. The summed E-state index contributed by atoms with van der Waals surface area (Å²) in [5.41, 5.74) is 0. The van der Waals surface area contributed by atoms with E-state index in [1.807, 2.05) is 0 Å². The monoisotopic (exact) mass is 420 g/mol. The summed E-state index contributed by atoms with van der Waals surface area (Å²) in [7, 11) is 0. The van der Waals surface area contributed by atoms with Gasteiger partial charge in [0.2, 0.25) is 0 Å². The Morgan fingerprint density at radius 1 is 0.633 bits per heavy atom. The summed E-state index contributed by atoms with van der Waals surface area (Å²) in [6.45, 7) is 3.40. The molecule has 0 bridgehead atoms. The van der Waals surface area contributed by atoms with Gasteiger partial charge in [0.25, 0.3) is 0 Å². The minimum absolute atomic E-state index is 0.144. The Hall–Kier alpha value is -0.790. The highest BCUT2D eigenvalue weighted by Gasteiger charge is 2.12. The smallest absolute Gasteiger partial charge is 0.310 e. The zero-order chi connectivity index (χ0) is 21.5. The molecule has 0 N–H and O–H groups in total. The number of unbranched alkanes of at least 4 members (excludes halogenated alkanes) is 16. The molecule has 0 aliphatic heterocycles. The van der Waals surface area contributed by atoms with Gasteiger partial charge in [0.05, 0.1) is 6.26 Å². The van der Waals surface area contributed by atoms with Crippen LogP contribution in [0.25, 0.3) is 0 Å². The Kier molecular flexibility index (Phi) is 19.5. The Labute approximate surface area is 188 Å². The molecule has 0 unspecified atom stereocenters. The van der Waals surface area contributed by atoms with Gasteiger partial charge < -0.3 is 4.74 Å². The van der Waals surface area contributed by atoms with Gasteiger partial charge in [0, 0.05) is 6.42 Å². The quantitative estimate of drug-likeness (QED) is 0.105. The fourth-order valence-corrected chi connectivity index (χ4v) is 4.98. The standard InChI is InChI=1S/C28H52O2/c1-2-30-28(29)26-22-17-15-13-11-9-7-5-3-4-6-8-10-12-14-16-19-23-27-24-20-18-21-25-27/h2,27H,1,3-26H2. The van der Waals surface area contributed by atoms with E-state index < -0.39 is 0 Å². The van der Waals surface area contributed by atoms with Crippen LogP contribution in [0.4, 0.5) is 0 Å². The second-order valence-corrected chi connectivity index (χ2v) is 9.71. The Morgan fingerprint density at radius 3 is 1.47 bits per heavy atom. The number of rotatable bonds is 21. The summed E-state index contributed by atoms with van der Waals surface area (Å²) in [4.78, 5) is 11.2. The lowest BCUT2D eigenvalue weighted by Crippen LogP contribution is -2.05. The predicted molar refractivity (Wildman–Crippen MR) is 131 cm³/mol. The first-order valence-electron chi connectivity index (χ1n) is 13.6. The van der Waals surface area contributed by atoms with Crippen molar-refractivity contribution >= 4 is 5.97 Å². The lowest BCUT2D eigenvalue weighted by Gasteiger charge is -2.21. The molecule has 0 saturated heterocycles. The molecule has 2 heteroatoms. The van der Waals surface area contributed by atoms with E-state index >= 15 is 0 Å². The van der Waals surface area contributed by atoms with Crippen LogP contribution < -0.4 is 0 Å². The molecule has 0 amide bonds. The molecule has 0 heterocycles. The Morgan fingerprint density at radius 2 is 1.03 bits per heavy atom. The van der Waals surface area contributed by atoms with Crippen molar-refractivity contribution in [2.45, 2.75) is 154 Å². The van der Waals surface area contributed by atoms with Gasteiger partial charge in [-0.25, -0.2) is 0 Å². The van der Waals surface area contributed by atoms with Gasteiger partial charge in [-0.05, 0) is 12.3 Å². The van der Waals surface area contributed by atoms with E-state index in [9.17, 15) is 4.79 Å². The summed E-state index contributed by atoms with van der Waals surface area (Å²) >= 11 is 0. The van der Waals surface area contributed by atoms with Crippen molar-refractivity contribution in [1.29, 1.82) is 0 Å². The number of ether oxygens (including phenoxy) is 1. The van der Waals surface area contributed by atoms with E-state index in [2.05, 4.69) is 6.58 Å². The third kappa shape index (κ3) is 18.0. The van der Waals surface area contributed by atoms with Crippen molar-refractivity contribution in [2.75, 3.05) is 0 Å². The van der Waals surface area contributed by atoms with Gasteiger partial charge >= 0.3 is 5.97 Å². The maximum Gasteiger partial charge on any atom is 0.310 e. The number of hydrogen-bond acceptors (Lipinski definition) is 2. The van der Waals surface area contributed by atoms with Crippen molar-refractivity contribution < 1.29 is 9.53 Å². The van der Waals surface area contributed by atoms with E-state index in [-0.39, 0.29) is 5.97 Å². The van der Waals surface area contributed by atoms with Crippen LogP contribution in [0.3, 0.4) is 0 Å². The number of carbonyl (C=O) groups excluding carboxylic acids is 1. The average Bonchev–Trinajstić information content (AvgIpc) is 2.76. The number of carbonyl (C=O) groups is 1. The van der Waals surface area contributed by atoms with Crippen LogP contribution in [0.15, 0.2) is 12.8 Å². The fraction of sp³-hybridized carbons (Fsp3) is 0.893. The van der Waals surface area contributed by atoms with Crippen molar-refractivity contribution in [1.82, 2.24) is 0 Å². The fourth-order valence-electron chi connectivity index (χ4n) is 4.98. The minimum atomic E-state index is -0.144. The SMILES string of the molecule is C=COC(=O)CCCCCCCCCCCCCCCCCCCC1CCCCC1. The largest absolute Gasteiger partial charge is 0.435 e. The molecule has 0 radical (unpaired) electrons. The Balaban J connectivity index is 1.66. The minimum Gasteiger partial charge on any atom is -0.435 e. The molecule has 30 heavy (non-hydrogen) atoms. The topological polar surface area (TPSA) is 26.3 Å². The van der Waals surface area contributed by atoms with Crippen LogP contribution in [0.2, 0.25) is 0 Å². The molecule has 1 saturated carbocycles. The lowest BCUT2D eigenvalue weighted by atomic mass is 9.85. The first kappa shape index (κ1) is 27.2. The molecule has 0 aromatic rings. The maximum absolute atomic E-state index is 11.2. The van der Waals surface area contributed by atoms with Gasteiger partial charge in [-0.15, -0.1) is 0 Å². The molecule has 1 aliphatic rings. The lowest BCUT2D eigenvalue weighted by molar-refractivity contribution is -0.138. The zero-order valence-corrected chi connectivity index (χ0v) is 20.1. The van der Waals surface area contributed by atoms with Crippen LogP contribution in [0, 0.1) is 5.92 Å². The van der Waals surface area contributed by atoms with Crippen LogP contribution in [0.1, 0.15) is 154 Å². The summed E-state index contributed by atoms with van der Waals surface area (Å²) in [5, 5.41) is 0. The van der Waals surface area contributed by atoms with Crippen LogP contribution in [-0.2, 0) is 9.53 Å². The summed E-state index contributed by atoms with van der Waals surface area (Å²) in [6.07, 6.45) is 34.3. The molecule has 0 atom stereocenters. The second-order valence-electron chi connectivity index (χ2n) is 9.71. The van der Waals surface area contributed by atoms with E-state index in [1.54, 1.807) is 0 Å². The zero-order valence-electron chi connectivity index (χ0n) is 20.1. The molecule has 0 aromatic heterocycles. The molecule has 1 aliphatic carbocycles. The third-order valence-corrected chi connectivity index (χ3v) is 6.93. The van der Waals surface area contributed by atoms with Gasteiger partial charge in [-0.3, -0.25) is 4.79 Å². The van der Waals surface area contributed by atoms with Gasteiger partial charge in [0.1, 0.15) is 0 Å². The normalized spacial score (nSPS) is 14.7. The van der Waals surface area contributed by atoms with Crippen molar-refractivity contribution in [3.05, 3.63) is 12.8 Å². The first-order valence-corrected chi connectivity index (χ1v) is 13.6. The maximum atomic E-state index is 11.2. The van der Waals surface area contributed by atoms with E-state index in [0.717, 1.165) is 18.8 Å². The molecule has 1 fully saturated rings. The highest BCUT2D eigenvalue weighted by molar-refractivity contribution is 5.69. The highest BCUT2D eigenvalue weighted by Crippen LogP contribution is 2.28. The van der Waals surface area contributed by atoms with Gasteiger partial charge in [-0.2, -0.15) is 0 Å². The van der Waals surface area contributed by atoms with Gasteiger partial charge in [-0.1, -0.05) is 148 Å².